The van der Waals surface area contributed by atoms with Crippen LogP contribution in [0.15, 0.2) is 54.7 Å². The molecule has 3 aromatic rings. The summed E-state index contributed by atoms with van der Waals surface area (Å²) in [6, 6.07) is 15.0. The van der Waals surface area contributed by atoms with Gasteiger partial charge in [0, 0.05) is 23.6 Å². The highest BCUT2D eigenvalue weighted by atomic mass is 16.6. The molecule has 6 heteroatoms. The number of fused-ring (bicyclic) bond motifs is 1. The van der Waals surface area contributed by atoms with Crippen LogP contribution in [0.25, 0.3) is 0 Å². The minimum absolute atomic E-state index is 0.188. The fourth-order valence-electron chi connectivity index (χ4n) is 2.95. The van der Waals surface area contributed by atoms with E-state index in [0.717, 1.165) is 28.3 Å². The first-order valence-electron chi connectivity index (χ1n) is 9.10. The van der Waals surface area contributed by atoms with Crippen LogP contribution in [-0.4, -0.2) is 24.1 Å². The molecule has 1 aliphatic heterocycles. The number of aryl methyl sites for hydroxylation is 1. The van der Waals surface area contributed by atoms with Crippen LogP contribution in [0.3, 0.4) is 0 Å². The summed E-state index contributed by atoms with van der Waals surface area (Å²) >= 11 is 0. The molecule has 0 unspecified atom stereocenters. The summed E-state index contributed by atoms with van der Waals surface area (Å²) in [5.74, 6) is 1.90. The van der Waals surface area contributed by atoms with E-state index in [1.165, 1.54) is 0 Å². The number of anilines is 3. The first-order chi connectivity index (χ1) is 13.6. The van der Waals surface area contributed by atoms with Gasteiger partial charge < -0.3 is 20.1 Å². The lowest BCUT2D eigenvalue weighted by Crippen LogP contribution is -2.15. The fourth-order valence-corrected chi connectivity index (χ4v) is 2.95. The maximum atomic E-state index is 12.5. The molecule has 142 valence electrons. The molecule has 0 spiro atoms. The fraction of sp³-hybridized carbons (Fsp3) is 0.182. The van der Waals surface area contributed by atoms with Gasteiger partial charge in [-0.25, -0.2) is 4.98 Å². The molecule has 0 bridgehead atoms. The van der Waals surface area contributed by atoms with Crippen molar-refractivity contribution in [3.05, 3.63) is 71.4 Å². The van der Waals surface area contributed by atoms with E-state index < -0.39 is 0 Å². The van der Waals surface area contributed by atoms with Crippen LogP contribution in [0.5, 0.6) is 11.5 Å². The Kier molecular flexibility index (Phi) is 4.85. The molecule has 0 radical (unpaired) electrons. The van der Waals surface area contributed by atoms with Gasteiger partial charge in [0.05, 0.1) is 5.56 Å². The predicted octanol–water partition coefficient (Wildman–Crippen LogP) is 4.47. The first-order valence-corrected chi connectivity index (χ1v) is 9.10. The van der Waals surface area contributed by atoms with Gasteiger partial charge in [-0.3, -0.25) is 4.79 Å². The molecule has 2 heterocycles. The van der Waals surface area contributed by atoms with Crippen molar-refractivity contribution in [3.8, 4) is 11.5 Å². The zero-order valence-electron chi connectivity index (χ0n) is 15.8. The van der Waals surface area contributed by atoms with Gasteiger partial charge in [0.2, 0.25) is 0 Å². The molecular weight excluding hydrogens is 354 g/mol. The van der Waals surface area contributed by atoms with Crippen molar-refractivity contribution in [2.75, 3.05) is 23.8 Å². The van der Waals surface area contributed by atoms with E-state index >= 15 is 0 Å². The van der Waals surface area contributed by atoms with Gasteiger partial charge in [0.1, 0.15) is 19.0 Å². The number of rotatable bonds is 4. The monoisotopic (exact) mass is 375 g/mol. The second-order valence-electron chi connectivity index (χ2n) is 6.62. The number of amides is 1. The molecule has 2 N–H and O–H groups in total. The van der Waals surface area contributed by atoms with Crippen LogP contribution in [0.4, 0.5) is 17.2 Å². The molecule has 0 aliphatic carbocycles. The Morgan fingerprint density at radius 1 is 1.00 bits per heavy atom. The van der Waals surface area contributed by atoms with Crippen LogP contribution < -0.4 is 20.1 Å². The number of carbonyl (C=O) groups excluding carboxylic acids is 1. The second kappa shape index (κ2) is 7.60. The lowest BCUT2D eigenvalue weighted by atomic mass is 10.1. The van der Waals surface area contributed by atoms with E-state index in [-0.39, 0.29) is 5.91 Å². The standard InChI is InChI=1S/C22H21N3O3/c1-14-4-3-5-18(15(14)2)25-22(26)16-6-9-21(23-13-16)24-17-7-8-19-20(12-17)28-11-10-27-19/h3-9,12-13H,10-11H2,1-2H3,(H,23,24)(H,25,26). The van der Waals surface area contributed by atoms with Crippen LogP contribution in [-0.2, 0) is 0 Å². The third kappa shape index (κ3) is 3.76. The number of aromatic nitrogens is 1. The molecule has 0 saturated carbocycles. The minimum atomic E-state index is -0.188. The van der Waals surface area contributed by atoms with E-state index in [2.05, 4.69) is 15.6 Å². The lowest BCUT2D eigenvalue weighted by molar-refractivity contribution is 0.102. The Bertz CT molecular complexity index is 1020. The van der Waals surface area contributed by atoms with Gasteiger partial charge in [-0.2, -0.15) is 0 Å². The Morgan fingerprint density at radius 3 is 2.61 bits per heavy atom. The van der Waals surface area contributed by atoms with Crippen LogP contribution in [0, 0.1) is 13.8 Å². The number of pyridine rings is 1. The topological polar surface area (TPSA) is 72.5 Å². The van der Waals surface area contributed by atoms with Crippen molar-refractivity contribution in [3.63, 3.8) is 0 Å². The highest BCUT2D eigenvalue weighted by Gasteiger charge is 2.13. The van der Waals surface area contributed by atoms with Crippen molar-refractivity contribution in [2.45, 2.75) is 13.8 Å². The van der Waals surface area contributed by atoms with Crippen LogP contribution in [0.2, 0.25) is 0 Å². The molecule has 0 atom stereocenters. The lowest BCUT2D eigenvalue weighted by Gasteiger charge is -2.19. The number of carbonyl (C=O) groups is 1. The van der Waals surface area contributed by atoms with E-state index in [0.29, 0.717) is 30.3 Å². The van der Waals surface area contributed by atoms with E-state index in [4.69, 9.17) is 9.47 Å². The highest BCUT2D eigenvalue weighted by Crippen LogP contribution is 2.33. The molecule has 0 fully saturated rings. The SMILES string of the molecule is Cc1cccc(NC(=O)c2ccc(Nc3ccc4c(c3)OCCO4)nc2)c1C. The molecule has 1 amide bonds. The van der Waals surface area contributed by atoms with Crippen LogP contribution >= 0.6 is 0 Å². The number of nitrogens with one attached hydrogen (secondary N) is 2. The number of hydrogen-bond acceptors (Lipinski definition) is 5. The van der Waals surface area contributed by atoms with Crippen molar-refractivity contribution < 1.29 is 14.3 Å². The number of benzene rings is 2. The second-order valence-corrected chi connectivity index (χ2v) is 6.62. The third-order valence-corrected chi connectivity index (χ3v) is 4.69. The van der Waals surface area contributed by atoms with Gasteiger partial charge in [-0.05, 0) is 55.3 Å². The molecule has 1 aliphatic rings. The Morgan fingerprint density at radius 2 is 1.82 bits per heavy atom. The van der Waals surface area contributed by atoms with Crippen molar-refractivity contribution >= 4 is 23.1 Å². The van der Waals surface area contributed by atoms with Crippen molar-refractivity contribution in [2.24, 2.45) is 0 Å². The number of nitrogens with zero attached hydrogens (tertiary/aromatic N) is 1. The molecule has 2 aromatic carbocycles. The third-order valence-electron chi connectivity index (χ3n) is 4.69. The normalized spacial score (nSPS) is 12.4. The summed E-state index contributed by atoms with van der Waals surface area (Å²) in [4.78, 5) is 16.9. The Hall–Kier alpha value is -3.54. The smallest absolute Gasteiger partial charge is 0.257 e. The summed E-state index contributed by atoms with van der Waals surface area (Å²) in [5, 5.41) is 6.15. The summed E-state index contributed by atoms with van der Waals surface area (Å²) in [5.41, 5.74) is 4.33. The number of ether oxygens (including phenoxy) is 2. The summed E-state index contributed by atoms with van der Waals surface area (Å²) in [6.45, 7) is 5.11. The first kappa shape index (κ1) is 17.9. The average Bonchev–Trinajstić information content (AvgIpc) is 2.72. The summed E-state index contributed by atoms with van der Waals surface area (Å²) in [7, 11) is 0. The molecule has 28 heavy (non-hydrogen) atoms. The number of hydrogen-bond donors (Lipinski definition) is 2. The van der Waals surface area contributed by atoms with Gasteiger partial charge in [-0.1, -0.05) is 12.1 Å². The van der Waals surface area contributed by atoms with Gasteiger partial charge in [0.25, 0.3) is 5.91 Å². The maximum Gasteiger partial charge on any atom is 0.257 e. The molecule has 6 nitrogen and oxygen atoms in total. The van der Waals surface area contributed by atoms with Gasteiger partial charge in [0.15, 0.2) is 11.5 Å². The predicted molar refractivity (Wildman–Crippen MR) is 109 cm³/mol. The van der Waals surface area contributed by atoms with Gasteiger partial charge in [-0.15, -0.1) is 0 Å². The molecular formula is C22H21N3O3. The van der Waals surface area contributed by atoms with E-state index in [1.807, 2.05) is 50.2 Å². The van der Waals surface area contributed by atoms with E-state index in [9.17, 15) is 4.79 Å². The highest BCUT2D eigenvalue weighted by molar-refractivity contribution is 6.04. The van der Waals surface area contributed by atoms with Gasteiger partial charge >= 0.3 is 0 Å². The quantitative estimate of drug-likeness (QED) is 0.704. The van der Waals surface area contributed by atoms with E-state index in [1.54, 1.807) is 18.3 Å². The molecule has 4 rings (SSSR count). The Labute approximate surface area is 163 Å². The minimum Gasteiger partial charge on any atom is -0.486 e. The summed E-state index contributed by atoms with van der Waals surface area (Å²) in [6.07, 6.45) is 1.56. The molecule has 1 aromatic heterocycles. The Balaban J connectivity index is 1.45. The maximum absolute atomic E-state index is 12.5. The van der Waals surface area contributed by atoms with Crippen molar-refractivity contribution in [1.29, 1.82) is 0 Å². The summed E-state index contributed by atoms with van der Waals surface area (Å²) < 4.78 is 11.1. The largest absolute Gasteiger partial charge is 0.486 e. The zero-order valence-corrected chi connectivity index (χ0v) is 15.8. The average molecular weight is 375 g/mol. The van der Waals surface area contributed by atoms with Crippen molar-refractivity contribution in [1.82, 2.24) is 4.98 Å². The zero-order chi connectivity index (χ0) is 19.5. The van der Waals surface area contributed by atoms with Crippen LogP contribution in [0.1, 0.15) is 21.5 Å². The molecule has 0 saturated heterocycles.